The summed E-state index contributed by atoms with van der Waals surface area (Å²) in [4.78, 5) is 23.4. The predicted molar refractivity (Wildman–Crippen MR) is 69.0 cm³/mol. The van der Waals surface area contributed by atoms with Crippen molar-refractivity contribution in [1.29, 1.82) is 0 Å². The van der Waals surface area contributed by atoms with E-state index >= 15 is 0 Å². The zero-order valence-corrected chi connectivity index (χ0v) is 10.8. The first-order valence-corrected chi connectivity index (χ1v) is 6.33. The average Bonchev–Trinajstić information content (AvgIpc) is 2.36. The maximum absolute atomic E-state index is 12.9. The van der Waals surface area contributed by atoms with Gasteiger partial charge in [-0.25, -0.2) is 4.39 Å². The standard InChI is InChI=1S/C14H17FN2O2/c1-16-12(18)9-17-13(19)14(7-2-8-14)10-3-5-11(15)6-4-10/h3-6H,2,7-9H2,1H3,(H,16,18)(H,17,19). The molecule has 1 saturated carbocycles. The van der Waals surface area contributed by atoms with Gasteiger partial charge in [0.15, 0.2) is 0 Å². The highest BCUT2D eigenvalue weighted by molar-refractivity contribution is 5.92. The van der Waals surface area contributed by atoms with E-state index in [1.807, 2.05) is 0 Å². The molecule has 0 aliphatic heterocycles. The fourth-order valence-corrected chi connectivity index (χ4v) is 2.36. The number of nitrogens with one attached hydrogen (secondary N) is 2. The fraction of sp³-hybridized carbons (Fsp3) is 0.429. The number of rotatable bonds is 4. The van der Waals surface area contributed by atoms with E-state index in [-0.39, 0.29) is 24.2 Å². The Morgan fingerprint density at radius 1 is 1.26 bits per heavy atom. The number of benzene rings is 1. The van der Waals surface area contributed by atoms with Crippen LogP contribution in [-0.2, 0) is 15.0 Å². The molecule has 0 unspecified atom stereocenters. The van der Waals surface area contributed by atoms with Crippen molar-refractivity contribution in [2.75, 3.05) is 13.6 Å². The Labute approximate surface area is 111 Å². The summed E-state index contributed by atoms with van der Waals surface area (Å²) in [7, 11) is 1.52. The van der Waals surface area contributed by atoms with Crippen LogP contribution in [0.4, 0.5) is 4.39 Å². The fourth-order valence-electron chi connectivity index (χ4n) is 2.36. The molecule has 19 heavy (non-hydrogen) atoms. The second-order valence-corrected chi connectivity index (χ2v) is 4.80. The molecule has 0 atom stereocenters. The maximum Gasteiger partial charge on any atom is 0.239 e. The first-order valence-electron chi connectivity index (χ1n) is 6.33. The van der Waals surface area contributed by atoms with Crippen molar-refractivity contribution in [3.8, 4) is 0 Å². The molecule has 2 N–H and O–H groups in total. The molecule has 0 aromatic heterocycles. The molecule has 1 aliphatic rings. The summed E-state index contributed by atoms with van der Waals surface area (Å²) in [5.74, 6) is -0.708. The van der Waals surface area contributed by atoms with E-state index < -0.39 is 5.41 Å². The third kappa shape index (κ3) is 2.59. The predicted octanol–water partition coefficient (Wildman–Crippen LogP) is 1.11. The second kappa shape index (κ2) is 5.38. The van der Waals surface area contributed by atoms with Crippen molar-refractivity contribution in [2.24, 2.45) is 0 Å². The summed E-state index contributed by atoms with van der Waals surface area (Å²) in [5.41, 5.74) is 0.219. The quantitative estimate of drug-likeness (QED) is 0.856. The molecule has 0 spiro atoms. The molecule has 0 heterocycles. The summed E-state index contributed by atoms with van der Waals surface area (Å²) < 4.78 is 12.9. The lowest BCUT2D eigenvalue weighted by molar-refractivity contribution is -0.132. The van der Waals surface area contributed by atoms with Gasteiger partial charge in [0.05, 0.1) is 12.0 Å². The van der Waals surface area contributed by atoms with Gasteiger partial charge < -0.3 is 10.6 Å². The van der Waals surface area contributed by atoms with Gasteiger partial charge in [0.1, 0.15) is 5.82 Å². The van der Waals surface area contributed by atoms with Gasteiger partial charge in [0.25, 0.3) is 0 Å². The van der Waals surface area contributed by atoms with Gasteiger partial charge in [0.2, 0.25) is 11.8 Å². The largest absolute Gasteiger partial charge is 0.358 e. The van der Waals surface area contributed by atoms with Crippen molar-refractivity contribution < 1.29 is 14.0 Å². The molecule has 4 nitrogen and oxygen atoms in total. The summed E-state index contributed by atoms with van der Waals surface area (Å²) in [5, 5.41) is 5.10. The molecule has 2 amide bonds. The first kappa shape index (κ1) is 13.5. The molecule has 0 radical (unpaired) electrons. The third-order valence-electron chi connectivity index (χ3n) is 3.73. The highest BCUT2D eigenvalue weighted by Gasteiger charge is 2.45. The Hall–Kier alpha value is -1.91. The Balaban J connectivity index is 2.11. The number of halogens is 1. The van der Waals surface area contributed by atoms with Crippen LogP contribution < -0.4 is 10.6 Å². The van der Waals surface area contributed by atoms with Crippen LogP contribution in [0.5, 0.6) is 0 Å². The zero-order chi connectivity index (χ0) is 13.9. The number of likely N-dealkylation sites (N-methyl/N-ethyl adjacent to an activating group) is 1. The molecule has 1 aromatic carbocycles. The van der Waals surface area contributed by atoms with E-state index in [1.165, 1.54) is 19.2 Å². The molecule has 1 aliphatic carbocycles. The SMILES string of the molecule is CNC(=O)CNC(=O)C1(c2ccc(F)cc2)CCC1. The van der Waals surface area contributed by atoms with Crippen LogP contribution in [0.3, 0.4) is 0 Å². The molecule has 0 bridgehead atoms. The lowest BCUT2D eigenvalue weighted by Gasteiger charge is -2.40. The Morgan fingerprint density at radius 3 is 2.37 bits per heavy atom. The Morgan fingerprint density at radius 2 is 1.89 bits per heavy atom. The molecule has 102 valence electrons. The molecule has 2 rings (SSSR count). The van der Waals surface area contributed by atoms with Crippen LogP contribution in [0.25, 0.3) is 0 Å². The van der Waals surface area contributed by atoms with Crippen LogP contribution in [0.1, 0.15) is 24.8 Å². The summed E-state index contributed by atoms with van der Waals surface area (Å²) in [6.45, 7) is -0.0295. The van der Waals surface area contributed by atoms with Gasteiger partial charge in [-0.1, -0.05) is 18.6 Å². The van der Waals surface area contributed by atoms with Crippen molar-refractivity contribution in [1.82, 2.24) is 10.6 Å². The van der Waals surface area contributed by atoms with E-state index in [2.05, 4.69) is 10.6 Å². The van der Waals surface area contributed by atoms with E-state index in [0.29, 0.717) is 0 Å². The number of carbonyl (C=O) groups excluding carboxylic acids is 2. The van der Waals surface area contributed by atoms with Crippen LogP contribution in [0.15, 0.2) is 24.3 Å². The summed E-state index contributed by atoms with van der Waals surface area (Å²) in [6, 6.07) is 6.02. The van der Waals surface area contributed by atoms with Gasteiger partial charge in [-0.05, 0) is 30.5 Å². The number of carbonyl (C=O) groups is 2. The molecule has 1 fully saturated rings. The third-order valence-corrected chi connectivity index (χ3v) is 3.73. The molecule has 0 saturated heterocycles. The highest BCUT2D eigenvalue weighted by atomic mass is 19.1. The van der Waals surface area contributed by atoms with Crippen molar-refractivity contribution in [3.05, 3.63) is 35.6 Å². The molecular formula is C14H17FN2O2. The monoisotopic (exact) mass is 264 g/mol. The van der Waals surface area contributed by atoms with E-state index in [1.54, 1.807) is 12.1 Å². The number of amides is 2. The highest BCUT2D eigenvalue weighted by Crippen LogP contribution is 2.43. The lowest BCUT2D eigenvalue weighted by atomic mass is 9.64. The summed E-state index contributed by atoms with van der Waals surface area (Å²) in [6.07, 6.45) is 2.43. The minimum absolute atomic E-state index is 0.0295. The van der Waals surface area contributed by atoms with E-state index in [0.717, 1.165) is 24.8 Å². The normalized spacial score (nSPS) is 16.3. The lowest BCUT2D eigenvalue weighted by Crippen LogP contribution is -2.51. The molecule has 5 heteroatoms. The van der Waals surface area contributed by atoms with Crippen molar-refractivity contribution >= 4 is 11.8 Å². The van der Waals surface area contributed by atoms with Crippen LogP contribution in [-0.4, -0.2) is 25.4 Å². The average molecular weight is 264 g/mol. The maximum atomic E-state index is 12.9. The Bertz CT molecular complexity index is 481. The van der Waals surface area contributed by atoms with Crippen LogP contribution in [0.2, 0.25) is 0 Å². The zero-order valence-electron chi connectivity index (χ0n) is 10.8. The van der Waals surface area contributed by atoms with Gasteiger partial charge in [-0.3, -0.25) is 9.59 Å². The number of hydrogen-bond donors (Lipinski definition) is 2. The van der Waals surface area contributed by atoms with Crippen molar-refractivity contribution in [2.45, 2.75) is 24.7 Å². The first-order chi connectivity index (χ1) is 9.08. The number of hydrogen-bond acceptors (Lipinski definition) is 2. The smallest absolute Gasteiger partial charge is 0.239 e. The van der Waals surface area contributed by atoms with Gasteiger partial charge in [0, 0.05) is 7.05 Å². The van der Waals surface area contributed by atoms with Gasteiger partial charge >= 0.3 is 0 Å². The topological polar surface area (TPSA) is 58.2 Å². The van der Waals surface area contributed by atoms with Crippen molar-refractivity contribution in [3.63, 3.8) is 0 Å². The second-order valence-electron chi connectivity index (χ2n) is 4.80. The summed E-state index contributed by atoms with van der Waals surface area (Å²) >= 11 is 0. The van der Waals surface area contributed by atoms with E-state index in [9.17, 15) is 14.0 Å². The van der Waals surface area contributed by atoms with Gasteiger partial charge in [-0.2, -0.15) is 0 Å². The molecular weight excluding hydrogens is 247 g/mol. The minimum atomic E-state index is -0.596. The van der Waals surface area contributed by atoms with Crippen LogP contribution >= 0.6 is 0 Å². The van der Waals surface area contributed by atoms with Gasteiger partial charge in [-0.15, -0.1) is 0 Å². The Kier molecular flexibility index (Phi) is 3.83. The molecule has 1 aromatic rings. The van der Waals surface area contributed by atoms with E-state index in [4.69, 9.17) is 0 Å². The van der Waals surface area contributed by atoms with Crippen LogP contribution in [0, 0.1) is 5.82 Å². The minimum Gasteiger partial charge on any atom is -0.358 e.